The van der Waals surface area contributed by atoms with E-state index in [-0.39, 0.29) is 0 Å². The normalized spacial score (nSPS) is 10.6. The van der Waals surface area contributed by atoms with Gasteiger partial charge in [0.05, 0.1) is 5.03 Å². The summed E-state index contributed by atoms with van der Waals surface area (Å²) in [5.41, 5.74) is 0. The molecule has 2 nitrogen and oxygen atoms in total. The van der Waals surface area contributed by atoms with E-state index in [0.29, 0.717) is 0 Å². The van der Waals surface area contributed by atoms with Crippen LogP contribution in [0.25, 0.3) is 0 Å². The van der Waals surface area contributed by atoms with Crippen LogP contribution in [0.1, 0.15) is 9.75 Å². The molecule has 4 heteroatoms. The van der Waals surface area contributed by atoms with E-state index >= 15 is 0 Å². The second-order valence-electron chi connectivity index (χ2n) is 3.71. The van der Waals surface area contributed by atoms with Gasteiger partial charge in [-0.3, -0.25) is 0 Å². The standard InChI is InChI=1S/C13H16N2S2/c1-11-5-6-12(17-11)10-14-8-9-16-13-4-2-3-7-15-13/h2-7,14H,8-10H2,1H3. The van der Waals surface area contributed by atoms with Gasteiger partial charge < -0.3 is 5.32 Å². The Morgan fingerprint density at radius 1 is 1.29 bits per heavy atom. The van der Waals surface area contributed by atoms with E-state index in [2.05, 4.69) is 29.4 Å². The van der Waals surface area contributed by atoms with Gasteiger partial charge >= 0.3 is 0 Å². The van der Waals surface area contributed by atoms with Gasteiger partial charge in [0.15, 0.2) is 0 Å². The zero-order valence-electron chi connectivity index (χ0n) is 9.85. The molecule has 0 radical (unpaired) electrons. The third-order valence-corrected chi connectivity index (χ3v) is 4.21. The van der Waals surface area contributed by atoms with Gasteiger partial charge in [-0.1, -0.05) is 6.07 Å². The summed E-state index contributed by atoms with van der Waals surface area (Å²) in [6.07, 6.45) is 1.84. The number of nitrogens with one attached hydrogen (secondary N) is 1. The largest absolute Gasteiger partial charge is 0.311 e. The number of pyridine rings is 1. The first-order valence-corrected chi connectivity index (χ1v) is 7.44. The zero-order valence-corrected chi connectivity index (χ0v) is 11.5. The van der Waals surface area contributed by atoms with E-state index in [1.807, 2.05) is 35.7 Å². The Hall–Kier alpha value is -0.840. The molecule has 0 unspecified atom stereocenters. The Morgan fingerprint density at radius 2 is 2.24 bits per heavy atom. The average molecular weight is 264 g/mol. The Labute approximate surface area is 110 Å². The first-order valence-electron chi connectivity index (χ1n) is 5.64. The second kappa shape index (κ2) is 6.79. The summed E-state index contributed by atoms with van der Waals surface area (Å²) in [7, 11) is 0. The Morgan fingerprint density at radius 3 is 2.94 bits per heavy atom. The van der Waals surface area contributed by atoms with Crippen LogP contribution in [0, 0.1) is 6.92 Å². The van der Waals surface area contributed by atoms with Crippen LogP contribution in [0.15, 0.2) is 41.6 Å². The molecule has 0 saturated heterocycles. The molecular formula is C13H16N2S2. The Kier molecular flexibility index (Phi) is 5.04. The van der Waals surface area contributed by atoms with Crippen molar-refractivity contribution in [2.24, 2.45) is 0 Å². The lowest BCUT2D eigenvalue weighted by Crippen LogP contribution is -2.15. The van der Waals surface area contributed by atoms with E-state index in [0.717, 1.165) is 23.9 Å². The first kappa shape index (κ1) is 12.6. The summed E-state index contributed by atoms with van der Waals surface area (Å²) >= 11 is 3.65. The van der Waals surface area contributed by atoms with Crippen LogP contribution >= 0.6 is 23.1 Å². The van der Waals surface area contributed by atoms with Gasteiger partial charge in [-0.05, 0) is 31.2 Å². The fourth-order valence-corrected chi connectivity index (χ4v) is 3.08. The van der Waals surface area contributed by atoms with Crippen molar-refractivity contribution in [3.05, 3.63) is 46.3 Å². The number of aryl methyl sites for hydroxylation is 1. The molecule has 17 heavy (non-hydrogen) atoms. The number of nitrogens with zero attached hydrogens (tertiary/aromatic N) is 1. The highest BCUT2D eigenvalue weighted by Gasteiger charge is 1.97. The average Bonchev–Trinajstić information content (AvgIpc) is 2.76. The van der Waals surface area contributed by atoms with Gasteiger partial charge in [0.25, 0.3) is 0 Å². The Bertz CT molecular complexity index is 440. The van der Waals surface area contributed by atoms with E-state index in [9.17, 15) is 0 Å². The second-order valence-corrected chi connectivity index (χ2v) is 6.19. The van der Waals surface area contributed by atoms with Crippen LogP contribution in [0.2, 0.25) is 0 Å². The van der Waals surface area contributed by atoms with Crippen LogP contribution < -0.4 is 5.32 Å². The molecule has 2 aromatic rings. The van der Waals surface area contributed by atoms with Gasteiger partial charge in [0.2, 0.25) is 0 Å². The van der Waals surface area contributed by atoms with Crippen LogP contribution in [0.3, 0.4) is 0 Å². The molecule has 2 rings (SSSR count). The van der Waals surface area contributed by atoms with Crippen molar-refractivity contribution < 1.29 is 0 Å². The summed E-state index contributed by atoms with van der Waals surface area (Å²) in [6.45, 7) is 4.13. The van der Waals surface area contributed by atoms with Crippen LogP contribution in [-0.4, -0.2) is 17.3 Å². The molecule has 0 fully saturated rings. The van der Waals surface area contributed by atoms with Crippen LogP contribution in [0.4, 0.5) is 0 Å². The number of hydrogen-bond donors (Lipinski definition) is 1. The van der Waals surface area contributed by atoms with E-state index in [1.165, 1.54) is 9.75 Å². The van der Waals surface area contributed by atoms with E-state index in [1.54, 1.807) is 11.8 Å². The zero-order chi connectivity index (χ0) is 11.9. The third-order valence-electron chi connectivity index (χ3n) is 2.26. The maximum absolute atomic E-state index is 4.28. The SMILES string of the molecule is Cc1ccc(CNCCSc2ccccn2)s1. The van der Waals surface area contributed by atoms with Gasteiger partial charge in [-0.15, -0.1) is 23.1 Å². The van der Waals surface area contributed by atoms with Crippen molar-refractivity contribution in [1.29, 1.82) is 0 Å². The molecule has 0 amide bonds. The van der Waals surface area contributed by atoms with Crippen molar-refractivity contribution >= 4 is 23.1 Å². The minimum absolute atomic E-state index is 0.973. The molecule has 0 aliphatic heterocycles. The summed E-state index contributed by atoms with van der Waals surface area (Å²) in [5, 5.41) is 4.55. The molecule has 0 spiro atoms. The summed E-state index contributed by atoms with van der Waals surface area (Å²) in [5.74, 6) is 1.06. The fraction of sp³-hybridized carbons (Fsp3) is 0.308. The smallest absolute Gasteiger partial charge is 0.0960 e. The molecular weight excluding hydrogens is 248 g/mol. The molecule has 0 bridgehead atoms. The number of rotatable bonds is 6. The third kappa shape index (κ3) is 4.50. The summed E-state index contributed by atoms with van der Waals surface area (Å²) in [6, 6.07) is 10.4. The maximum Gasteiger partial charge on any atom is 0.0960 e. The van der Waals surface area contributed by atoms with E-state index in [4.69, 9.17) is 0 Å². The molecule has 0 aliphatic carbocycles. The molecule has 0 atom stereocenters. The van der Waals surface area contributed by atoms with Gasteiger partial charge in [0.1, 0.15) is 0 Å². The van der Waals surface area contributed by atoms with Crippen LogP contribution in [-0.2, 0) is 6.54 Å². The highest BCUT2D eigenvalue weighted by atomic mass is 32.2. The molecule has 90 valence electrons. The van der Waals surface area contributed by atoms with E-state index < -0.39 is 0 Å². The predicted octanol–water partition coefficient (Wildman–Crippen LogP) is 3.33. The lowest BCUT2D eigenvalue weighted by atomic mass is 10.4. The molecule has 1 N–H and O–H groups in total. The number of thioether (sulfide) groups is 1. The molecule has 0 aliphatic rings. The topological polar surface area (TPSA) is 24.9 Å². The van der Waals surface area contributed by atoms with Gasteiger partial charge in [0, 0.05) is 34.8 Å². The molecule has 2 heterocycles. The maximum atomic E-state index is 4.28. The minimum atomic E-state index is 0.973. The predicted molar refractivity (Wildman–Crippen MR) is 75.7 cm³/mol. The quantitative estimate of drug-likeness (QED) is 0.640. The summed E-state index contributed by atoms with van der Waals surface area (Å²) in [4.78, 5) is 7.06. The Balaban J connectivity index is 1.61. The fourth-order valence-electron chi connectivity index (χ4n) is 1.45. The monoisotopic (exact) mass is 264 g/mol. The van der Waals surface area contributed by atoms with Crippen LogP contribution in [0.5, 0.6) is 0 Å². The number of hydrogen-bond acceptors (Lipinski definition) is 4. The highest BCUT2D eigenvalue weighted by Crippen LogP contribution is 2.15. The number of aromatic nitrogens is 1. The lowest BCUT2D eigenvalue weighted by Gasteiger charge is -2.02. The molecule has 2 aromatic heterocycles. The van der Waals surface area contributed by atoms with Crippen molar-refractivity contribution in [2.45, 2.75) is 18.5 Å². The summed E-state index contributed by atoms with van der Waals surface area (Å²) < 4.78 is 0. The lowest BCUT2D eigenvalue weighted by molar-refractivity contribution is 0.740. The van der Waals surface area contributed by atoms with Gasteiger partial charge in [-0.2, -0.15) is 0 Å². The first-order chi connectivity index (χ1) is 8.34. The van der Waals surface area contributed by atoms with Crippen molar-refractivity contribution in [3.8, 4) is 0 Å². The minimum Gasteiger partial charge on any atom is -0.311 e. The molecule has 0 aromatic carbocycles. The van der Waals surface area contributed by atoms with Crippen molar-refractivity contribution in [1.82, 2.24) is 10.3 Å². The van der Waals surface area contributed by atoms with Crippen molar-refractivity contribution in [2.75, 3.05) is 12.3 Å². The highest BCUT2D eigenvalue weighted by molar-refractivity contribution is 7.99. The van der Waals surface area contributed by atoms with Crippen molar-refractivity contribution in [3.63, 3.8) is 0 Å². The van der Waals surface area contributed by atoms with Gasteiger partial charge in [-0.25, -0.2) is 4.98 Å². The number of thiophene rings is 1. The molecule has 0 saturated carbocycles.